The molecule has 2 rings (SSSR count). The molecule has 0 saturated heterocycles. The van der Waals surface area contributed by atoms with Gasteiger partial charge in [0.2, 0.25) is 0 Å². The zero-order valence-corrected chi connectivity index (χ0v) is 13.6. The standard InChI is InChI=1S/C14H17Br2NO/c1-2-7-17(9-10-3-4-10)14(18)12-8-11(15)5-6-13(12)16/h5-6,8,10H,2-4,7,9H2,1H3. The fourth-order valence-corrected chi connectivity index (χ4v) is 2.77. The Bertz CT molecular complexity index is 443. The Kier molecular flexibility index (Phi) is 4.84. The molecule has 1 aliphatic rings. The molecule has 0 atom stereocenters. The van der Waals surface area contributed by atoms with Crippen LogP contribution in [0.15, 0.2) is 27.1 Å². The summed E-state index contributed by atoms with van der Waals surface area (Å²) in [5.41, 5.74) is 0.749. The van der Waals surface area contributed by atoms with Crippen molar-refractivity contribution < 1.29 is 4.79 Å². The molecule has 0 aromatic heterocycles. The normalized spacial score (nSPS) is 14.6. The molecule has 1 fully saturated rings. The molecule has 0 spiro atoms. The minimum Gasteiger partial charge on any atom is -0.338 e. The molecule has 1 aliphatic carbocycles. The van der Waals surface area contributed by atoms with E-state index in [1.165, 1.54) is 12.8 Å². The Morgan fingerprint density at radius 2 is 2.11 bits per heavy atom. The summed E-state index contributed by atoms with van der Waals surface area (Å²) in [7, 11) is 0. The number of carbonyl (C=O) groups is 1. The van der Waals surface area contributed by atoms with Gasteiger partial charge in [0.1, 0.15) is 0 Å². The molecule has 1 aromatic carbocycles. The summed E-state index contributed by atoms with van der Waals surface area (Å²) in [6.45, 7) is 3.86. The van der Waals surface area contributed by atoms with Crippen LogP contribution >= 0.6 is 31.9 Å². The molecular formula is C14H17Br2NO. The molecule has 4 heteroatoms. The lowest BCUT2D eigenvalue weighted by atomic mass is 10.2. The first kappa shape index (κ1) is 14.1. The van der Waals surface area contributed by atoms with Crippen molar-refractivity contribution in [1.29, 1.82) is 0 Å². The smallest absolute Gasteiger partial charge is 0.255 e. The first-order valence-electron chi connectivity index (χ1n) is 6.36. The number of nitrogens with zero attached hydrogens (tertiary/aromatic N) is 1. The summed E-state index contributed by atoms with van der Waals surface area (Å²) >= 11 is 6.89. The Morgan fingerprint density at radius 1 is 1.39 bits per heavy atom. The van der Waals surface area contributed by atoms with Crippen LogP contribution in [0.4, 0.5) is 0 Å². The molecule has 2 nitrogen and oxygen atoms in total. The molecule has 1 saturated carbocycles. The van der Waals surface area contributed by atoms with Crippen LogP contribution in [-0.2, 0) is 0 Å². The van der Waals surface area contributed by atoms with Crippen LogP contribution in [0, 0.1) is 5.92 Å². The number of amides is 1. The van der Waals surface area contributed by atoms with Crippen LogP contribution in [-0.4, -0.2) is 23.9 Å². The fourth-order valence-electron chi connectivity index (χ4n) is 1.99. The predicted molar refractivity (Wildman–Crippen MR) is 80.8 cm³/mol. The van der Waals surface area contributed by atoms with Gasteiger partial charge in [-0.1, -0.05) is 22.9 Å². The molecule has 0 aliphatic heterocycles. The van der Waals surface area contributed by atoms with Crippen molar-refractivity contribution in [3.63, 3.8) is 0 Å². The monoisotopic (exact) mass is 373 g/mol. The van der Waals surface area contributed by atoms with E-state index < -0.39 is 0 Å². The molecule has 0 radical (unpaired) electrons. The van der Waals surface area contributed by atoms with Gasteiger partial charge < -0.3 is 4.90 Å². The highest BCUT2D eigenvalue weighted by Gasteiger charge is 2.27. The molecule has 0 unspecified atom stereocenters. The number of carbonyl (C=O) groups excluding carboxylic acids is 1. The van der Waals surface area contributed by atoms with Gasteiger partial charge in [-0.2, -0.15) is 0 Å². The van der Waals surface area contributed by atoms with E-state index in [9.17, 15) is 4.79 Å². The average Bonchev–Trinajstić information content (AvgIpc) is 3.15. The fraction of sp³-hybridized carbons (Fsp3) is 0.500. The van der Waals surface area contributed by atoms with Crippen molar-refractivity contribution in [1.82, 2.24) is 4.90 Å². The average molecular weight is 375 g/mol. The predicted octanol–water partition coefficient (Wildman–Crippen LogP) is 4.47. The van der Waals surface area contributed by atoms with Gasteiger partial charge in [0.25, 0.3) is 5.91 Å². The highest BCUT2D eigenvalue weighted by molar-refractivity contribution is 9.11. The second kappa shape index (κ2) is 6.20. The number of rotatable bonds is 5. The maximum atomic E-state index is 12.5. The molecule has 0 bridgehead atoms. The van der Waals surface area contributed by atoms with E-state index in [2.05, 4.69) is 38.8 Å². The third-order valence-corrected chi connectivity index (χ3v) is 4.30. The Balaban J connectivity index is 2.17. The van der Waals surface area contributed by atoms with Crippen LogP contribution in [0.3, 0.4) is 0 Å². The summed E-state index contributed by atoms with van der Waals surface area (Å²) in [4.78, 5) is 14.5. The third-order valence-electron chi connectivity index (χ3n) is 3.12. The maximum absolute atomic E-state index is 12.5. The zero-order valence-electron chi connectivity index (χ0n) is 10.5. The topological polar surface area (TPSA) is 20.3 Å². The summed E-state index contributed by atoms with van der Waals surface area (Å²) in [5, 5.41) is 0. The first-order chi connectivity index (χ1) is 8.61. The molecule has 18 heavy (non-hydrogen) atoms. The minimum absolute atomic E-state index is 0.136. The van der Waals surface area contributed by atoms with Gasteiger partial charge in [-0.05, 0) is 59.3 Å². The van der Waals surface area contributed by atoms with E-state index in [0.29, 0.717) is 0 Å². The van der Waals surface area contributed by atoms with Crippen LogP contribution in [0.2, 0.25) is 0 Å². The molecule has 98 valence electrons. The Hall–Kier alpha value is -0.350. The number of hydrogen-bond acceptors (Lipinski definition) is 1. The number of halogens is 2. The summed E-state index contributed by atoms with van der Waals surface area (Å²) in [6.07, 6.45) is 3.55. The SMILES string of the molecule is CCCN(CC1CC1)C(=O)c1cc(Br)ccc1Br. The van der Waals surface area contributed by atoms with Gasteiger partial charge in [-0.25, -0.2) is 0 Å². The van der Waals surface area contributed by atoms with Gasteiger partial charge in [-0.15, -0.1) is 0 Å². The molecule has 0 heterocycles. The lowest BCUT2D eigenvalue weighted by molar-refractivity contribution is 0.0746. The van der Waals surface area contributed by atoms with Gasteiger partial charge in [-0.3, -0.25) is 4.79 Å². The largest absolute Gasteiger partial charge is 0.338 e. The molecular weight excluding hydrogens is 358 g/mol. The second-order valence-electron chi connectivity index (χ2n) is 4.82. The molecule has 1 aromatic rings. The van der Waals surface area contributed by atoms with E-state index in [1.807, 2.05) is 23.1 Å². The lowest BCUT2D eigenvalue weighted by Gasteiger charge is -2.22. The van der Waals surface area contributed by atoms with Crippen LogP contribution < -0.4 is 0 Å². The molecule has 1 amide bonds. The van der Waals surface area contributed by atoms with E-state index in [1.54, 1.807) is 0 Å². The third kappa shape index (κ3) is 3.58. The molecule has 0 N–H and O–H groups in total. The van der Waals surface area contributed by atoms with E-state index in [-0.39, 0.29) is 5.91 Å². The van der Waals surface area contributed by atoms with Crippen LogP contribution in [0.1, 0.15) is 36.5 Å². The van der Waals surface area contributed by atoms with E-state index in [0.717, 1.165) is 39.9 Å². The van der Waals surface area contributed by atoms with Crippen LogP contribution in [0.25, 0.3) is 0 Å². The van der Waals surface area contributed by atoms with Crippen LogP contribution in [0.5, 0.6) is 0 Å². The van der Waals surface area contributed by atoms with Gasteiger partial charge in [0.15, 0.2) is 0 Å². The number of benzene rings is 1. The maximum Gasteiger partial charge on any atom is 0.255 e. The number of hydrogen-bond donors (Lipinski definition) is 0. The van der Waals surface area contributed by atoms with Crippen molar-refractivity contribution in [2.75, 3.05) is 13.1 Å². The van der Waals surface area contributed by atoms with Gasteiger partial charge in [0, 0.05) is 22.0 Å². The summed E-state index contributed by atoms with van der Waals surface area (Å²) < 4.78 is 1.81. The quantitative estimate of drug-likeness (QED) is 0.744. The van der Waals surface area contributed by atoms with E-state index >= 15 is 0 Å². The van der Waals surface area contributed by atoms with Gasteiger partial charge >= 0.3 is 0 Å². The Labute approximate surface area is 125 Å². The Morgan fingerprint density at radius 3 is 2.72 bits per heavy atom. The zero-order chi connectivity index (χ0) is 13.1. The van der Waals surface area contributed by atoms with Crippen molar-refractivity contribution in [2.24, 2.45) is 5.92 Å². The first-order valence-corrected chi connectivity index (χ1v) is 7.94. The van der Waals surface area contributed by atoms with Crippen molar-refractivity contribution in [2.45, 2.75) is 26.2 Å². The summed E-state index contributed by atoms with van der Waals surface area (Å²) in [5.74, 6) is 0.864. The highest BCUT2D eigenvalue weighted by atomic mass is 79.9. The minimum atomic E-state index is 0.136. The van der Waals surface area contributed by atoms with Gasteiger partial charge in [0.05, 0.1) is 5.56 Å². The van der Waals surface area contributed by atoms with Crippen molar-refractivity contribution in [3.05, 3.63) is 32.7 Å². The summed E-state index contributed by atoms with van der Waals surface area (Å²) in [6, 6.07) is 5.74. The van der Waals surface area contributed by atoms with Crippen molar-refractivity contribution in [3.8, 4) is 0 Å². The van der Waals surface area contributed by atoms with E-state index in [4.69, 9.17) is 0 Å². The lowest BCUT2D eigenvalue weighted by Crippen LogP contribution is -2.33. The second-order valence-corrected chi connectivity index (χ2v) is 6.59. The highest BCUT2D eigenvalue weighted by Crippen LogP contribution is 2.31. The van der Waals surface area contributed by atoms with Crippen molar-refractivity contribution >= 4 is 37.8 Å².